The first-order chi connectivity index (χ1) is 12.7. The molecular weight excluding hydrogens is 377 g/mol. The minimum Gasteiger partial charge on any atom is -0.356 e. The second-order valence-electron chi connectivity index (χ2n) is 6.40. The van der Waals surface area contributed by atoms with Crippen LogP contribution in [0.3, 0.4) is 0 Å². The molecule has 2 aromatic heterocycles. The molecule has 0 saturated carbocycles. The summed E-state index contributed by atoms with van der Waals surface area (Å²) < 4.78 is 37.9. The molecule has 2 heterocycles. The maximum atomic E-state index is 12.6. The lowest BCUT2D eigenvalue weighted by Gasteiger charge is -2.25. The lowest BCUT2D eigenvalue weighted by atomic mass is 9.91. The van der Waals surface area contributed by atoms with Gasteiger partial charge < -0.3 is 16.0 Å². The van der Waals surface area contributed by atoms with E-state index in [1.165, 1.54) is 4.88 Å². The van der Waals surface area contributed by atoms with E-state index in [9.17, 15) is 13.2 Å². The van der Waals surface area contributed by atoms with Crippen LogP contribution >= 0.6 is 11.3 Å². The monoisotopic (exact) mass is 400 g/mol. The molecule has 0 unspecified atom stereocenters. The largest absolute Gasteiger partial charge is 0.433 e. The van der Waals surface area contributed by atoms with Crippen molar-refractivity contribution in [2.75, 3.05) is 32.0 Å². The van der Waals surface area contributed by atoms with Crippen LogP contribution in [-0.2, 0) is 11.6 Å². The molecule has 0 aliphatic heterocycles. The first-order valence-corrected chi connectivity index (χ1v) is 9.23. The van der Waals surface area contributed by atoms with E-state index in [0.717, 1.165) is 12.3 Å². The van der Waals surface area contributed by atoms with Gasteiger partial charge in [0, 0.05) is 43.2 Å². The standard InChI is InChI=1S/C17H23F3N6S/c1-16(2,13-5-4-10-27-13)11-25-14(21-3)23-8-9-24-15-22-7-6-12(26-15)17(18,19)20/h4-7,10H,8-9,11H2,1-3H3,(H2,21,23,25)(H,22,24,26). The van der Waals surface area contributed by atoms with Crippen LogP contribution in [0.15, 0.2) is 34.8 Å². The number of hydrogen-bond donors (Lipinski definition) is 3. The van der Waals surface area contributed by atoms with E-state index in [2.05, 4.69) is 50.8 Å². The number of nitrogens with zero attached hydrogens (tertiary/aromatic N) is 3. The highest BCUT2D eigenvalue weighted by Gasteiger charge is 2.32. The van der Waals surface area contributed by atoms with Gasteiger partial charge in [-0.25, -0.2) is 9.97 Å². The van der Waals surface area contributed by atoms with Crippen LogP contribution in [0.25, 0.3) is 0 Å². The van der Waals surface area contributed by atoms with E-state index < -0.39 is 11.9 Å². The molecule has 0 aliphatic rings. The van der Waals surface area contributed by atoms with E-state index in [1.54, 1.807) is 18.4 Å². The second-order valence-corrected chi connectivity index (χ2v) is 7.35. The van der Waals surface area contributed by atoms with Crippen molar-refractivity contribution < 1.29 is 13.2 Å². The Morgan fingerprint density at radius 2 is 1.96 bits per heavy atom. The van der Waals surface area contributed by atoms with Crippen molar-refractivity contribution in [3.05, 3.63) is 40.3 Å². The Labute approximate surface area is 160 Å². The molecule has 0 aliphatic carbocycles. The molecule has 0 saturated heterocycles. The number of halogens is 3. The number of hydrogen-bond acceptors (Lipinski definition) is 5. The molecule has 2 aromatic rings. The number of aromatic nitrogens is 2. The third kappa shape index (κ3) is 6.38. The lowest BCUT2D eigenvalue weighted by molar-refractivity contribution is -0.141. The minimum absolute atomic E-state index is 0.0457. The van der Waals surface area contributed by atoms with Crippen molar-refractivity contribution in [1.29, 1.82) is 0 Å². The Morgan fingerprint density at radius 1 is 1.19 bits per heavy atom. The highest BCUT2D eigenvalue weighted by molar-refractivity contribution is 7.10. The van der Waals surface area contributed by atoms with Crippen LogP contribution in [0.5, 0.6) is 0 Å². The maximum absolute atomic E-state index is 12.6. The number of aliphatic imine (C=N–C) groups is 1. The number of guanidine groups is 1. The summed E-state index contributed by atoms with van der Waals surface area (Å²) in [5, 5.41) is 11.2. The van der Waals surface area contributed by atoms with E-state index in [-0.39, 0.29) is 11.4 Å². The molecule has 0 bridgehead atoms. The van der Waals surface area contributed by atoms with Crippen molar-refractivity contribution >= 4 is 23.2 Å². The zero-order chi connectivity index (χ0) is 19.9. The quantitative estimate of drug-likeness (QED) is 0.378. The van der Waals surface area contributed by atoms with Gasteiger partial charge in [-0.2, -0.15) is 13.2 Å². The average Bonchev–Trinajstić information content (AvgIpc) is 3.16. The van der Waals surface area contributed by atoms with Crippen molar-refractivity contribution in [2.45, 2.75) is 25.4 Å². The molecule has 2 rings (SSSR count). The molecule has 10 heteroatoms. The lowest BCUT2D eigenvalue weighted by Crippen LogP contribution is -2.44. The Hall–Kier alpha value is -2.36. The summed E-state index contributed by atoms with van der Waals surface area (Å²) in [5.41, 5.74) is -1.02. The molecule has 0 spiro atoms. The van der Waals surface area contributed by atoms with Gasteiger partial charge in [0.2, 0.25) is 5.95 Å². The van der Waals surface area contributed by atoms with Crippen molar-refractivity contribution in [2.24, 2.45) is 4.99 Å². The van der Waals surface area contributed by atoms with Gasteiger partial charge >= 0.3 is 6.18 Å². The smallest absolute Gasteiger partial charge is 0.356 e. The van der Waals surface area contributed by atoms with Gasteiger partial charge in [-0.1, -0.05) is 19.9 Å². The van der Waals surface area contributed by atoms with Crippen LogP contribution in [0.1, 0.15) is 24.4 Å². The topological polar surface area (TPSA) is 74.2 Å². The average molecular weight is 400 g/mol. The van der Waals surface area contributed by atoms with Crippen LogP contribution in [0, 0.1) is 0 Å². The molecule has 0 atom stereocenters. The first-order valence-electron chi connectivity index (χ1n) is 8.35. The van der Waals surface area contributed by atoms with Gasteiger partial charge in [0.1, 0.15) is 5.69 Å². The third-order valence-electron chi connectivity index (χ3n) is 3.76. The summed E-state index contributed by atoms with van der Waals surface area (Å²) in [6.45, 7) is 5.77. The van der Waals surface area contributed by atoms with E-state index >= 15 is 0 Å². The zero-order valence-corrected chi connectivity index (χ0v) is 16.2. The summed E-state index contributed by atoms with van der Waals surface area (Å²) in [5.74, 6) is 0.555. The second kappa shape index (κ2) is 9.03. The summed E-state index contributed by atoms with van der Waals surface area (Å²) in [6.07, 6.45) is -3.41. The highest BCUT2D eigenvalue weighted by Crippen LogP contribution is 2.27. The maximum Gasteiger partial charge on any atom is 0.433 e. The number of rotatable bonds is 7. The van der Waals surface area contributed by atoms with E-state index in [1.807, 2.05) is 11.4 Å². The summed E-state index contributed by atoms with van der Waals surface area (Å²) >= 11 is 1.71. The SMILES string of the molecule is CN=C(NCCNc1nccc(C(F)(F)F)n1)NCC(C)(C)c1cccs1. The molecular formula is C17H23F3N6S. The zero-order valence-electron chi connectivity index (χ0n) is 15.4. The van der Waals surface area contributed by atoms with Crippen LogP contribution in [0.4, 0.5) is 19.1 Å². The van der Waals surface area contributed by atoms with Gasteiger partial charge in [0.15, 0.2) is 5.96 Å². The van der Waals surface area contributed by atoms with Gasteiger partial charge in [0.05, 0.1) is 0 Å². The Morgan fingerprint density at radius 3 is 2.59 bits per heavy atom. The van der Waals surface area contributed by atoms with Crippen molar-refractivity contribution in [1.82, 2.24) is 20.6 Å². The number of alkyl halides is 3. The highest BCUT2D eigenvalue weighted by atomic mass is 32.1. The molecule has 0 aromatic carbocycles. The predicted octanol–water partition coefficient (Wildman–Crippen LogP) is 3.11. The Bertz CT molecular complexity index is 743. The molecule has 0 radical (unpaired) electrons. The summed E-state index contributed by atoms with van der Waals surface area (Å²) in [4.78, 5) is 12.7. The predicted molar refractivity (Wildman–Crippen MR) is 102 cm³/mol. The fraction of sp³-hybridized carbons (Fsp3) is 0.471. The first kappa shape index (κ1) is 20.9. The van der Waals surface area contributed by atoms with Gasteiger partial charge in [-0.05, 0) is 17.5 Å². The van der Waals surface area contributed by atoms with Crippen LogP contribution in [-0.4, -0.2) is 42.6 Å². The molecule has 6 nitrogen and oxygen atoms in total. The van der Waals surface area contributed by atoms with Crippen molar-refractivity contribution in [3.8, 4) is 0 Å². The Balaban J connectivity index is 1.77. The molecule has 148 valence electrons. The van der Waals surface area contributed by atoms with Gasteiger partial charge in [0.25, 0.3) is 0 Å². The van der Waals surface area contributed by atoms with Gasteiger partial charge in [-0.3, -0.25) is 4.99 Å². The number of nitrogens with one attached hydrogen (secondary N) is 3. The third-order valence-corrected chi connectivity index (χ3v) is 4.99. The summed E-state index contributed by atoms with van der Waals surface area (Å²) in [7, 11) is 1.66. The fourth-order valence-electron chi connectivity index (χ4n) is 2.23. The number of anilines is 1. The molecule has 0 fully saturated rings. The van der Waals surface area contributed by atoms with Crippen LogP contribution in [0.2, 0.25) is 0 Å². The van der Waals surface area contributed by atoms with Gasteiger partial charge in [-0.15, -0.1) is 11.3 Å². The van der Waals surface area contributed by atoms with E-state index in [4.69, 9.17) is 0 Å². The van der Waals surface area contributed by atoms with E-state index in [0.29, 0.717) is 25.6 Å². The number of thiophene rings is 1. The molecule has 3 N–H and O–H groups in total. The minimum atomic E-state index is -4.49. The molecule has 27 heavy (non-hydrogen) atoms. The normalized spacial score (nSPS) is 12.7. The summed E-state index contributed by atoms with van der Waals surface area (Å²) in [6, 6.07) is 4.96. The van der Waals surface area contributed by atoms with Crippen LogP contribution < -0.4 is 16.0 Å². The Kier molecular flexibility index (Phi) is 7.00. The fourth-order valence-corrected chi connectivity index (χ4v) is 3.09. The molecule has 0 amide bonds. The van der Waals surface area contributed by atoms with Crippen molar-refractivity contribution in [3.63, 3.8) is 0 Å².